The number of thioether (sulfide) groups is 1. The van der Waals surface area contributed by atoms with Crippen LogP contribution in [-0.2, 0) is 0 Å². The second kappa shape index (κ2) is 7.25. The minimum Gasteiger partial charge on any atom is -0.159 e. The fourth-order valence-electron chi connectivity index (χ4n) is 1.68. The van der Waals surface area contributed by atoms with Crippen LogP contribution in [0, 0.1) is 0 Å². The van der Waals surface area contributed by atoms with Crippen LogP contribution in [0.15, 0.2) is 0 Å². The molecular formula is C10H19BrS. The molecule has 0 aliphatic heterocycles. The van der Waals surface area contributed by atoms with E-state index in [4.69, 9.17) is 0 Å². The molecule has 1 aliphatic carbocycles. The molecule has 0 radical (unpaired) electrons. The van der Waals surface area contributed by atoms with Gasteiger partial charge < -0.3 is 0 Å². The van der Waals surface area contributed by atoms with Crippen molar-refractivity contribution in [1.29, 1.82) is 0 Å². The normalized spacial score (nSPS) is 19.8. The Morgan fingerprint density at radius 2 is 1.83 bits per heavy atom. The summed E-state index contributed by atoms with van der Waals surface area (Å²) in [5.41, 5.74) is 0. The predicted octanol–water partition coefficient (Wildman–Crippen LogP) is 4.23. The van der Waals surface area contributed by atoms with Gasteiger partial charge >= 0.3 is 0 Å². The number of unbranched alkanes of at least 4 members (excludes halogenated alkanes) is 1. The maximum Gasteiger partial charge on any atom is 0.00470 e. The number of alkyl halides is 1. The average Bonchev–Trinajstić information content (AvgIpc) is 2.14. The molecule has 0 bridgehead atoms. The van der Waals surface area contributed by atoms with Gasteiger partial charge in [-0.2, -0.15) is 11.8 Å². The summed E-state index contributed by atoms with van der Waals surface area (Å²) in [5, 5.41) is 2.19. The quantitative estimate of drug-likeness (QED) is 0.520. The molecule has 1 aliphatic rings. The SMILES string of the molecule is BrCCCCSC1CCCCC1. The first-order chi connectivity index (χ1) is 5.93. The van der Waals surface area contributed by atoms with Crippen molar-refractivity contribution in [3.63, 3.8) is 0 Å². The molecule has 0 aromatic rings. The van der Waals surface area contributed by atoms with E-state index in [-0.39, 0.29) is 0 Å². The lowest BCUT2D eigenvalue weighted by Crippen LogP contribution is -2.08. The zero-order chi connectivity index (χ0) is 8.65. The molecule has 1 rings (SSSR count). The number of rotatable bonds is 5. The Morgan fingerprint density at radius 1 is 1.08 bits per heavy atom. The number of hydrogen-bond donors (Lipinski definition) is 0. The minimum absolute atomic E-state index is 1.01. The van der Waals surface area contributed by atoms with Crippen LogP contribution in [0.3, 0.4) is 0 Å². The van der Waals surface area contributed by atoms with Gasteiger partial charge in [-0.25, -0.2) is 0 Å². The van der Waals surface area contributed by atoms with E-state index in [1.807, 2.05) is 0 Å². The zero-order valence-electron chi connectivity index (χ0n) is 7.73. The minimum atomic E-state index is 1.01. The van der Waals surface area contributed by atoms with E-state index in [1.165, 1.54) is 56.0 Å². The molecule has 0 N–H and O–H groups in total. The third kappa shape index (κ3) is 4.76. The lowest BCUT2D eigenvalue weighted by molar-refractivity contribution is 0.516. The van der Waals surface area contributed by atoms with Gasteiger partial charge in [0, 0.05) is 10.6 Å². The summed E-state index contributed by atoms with van der Waals surface area (Å²) in [4.78, 5) is 0. The van der Waals surface area contributed by atoms with E-state index in [1.54, 1.807) is 0 Å². The van der Waals surface area contributed by atoms with Gasteiger partial charge in [0.1, 0.15) is 0 Å². The Hall–Kier alpha value is 0.830. The predicted molar refractivity (Wildman–Crippen MR) is 62.4 cm³/mol. The molecule has 0 amide bonds. The van der Waals surface area contributed by atoms with E-state index in [2.05, 4.69) is 27.7 Å². The summed E-state index contributed by atoms with van der Waals surface area (Å²) in [6.45, 7) is 0. The maximum atomic E-state index is 3.47. The van der Waals surface area contributed by atoms with E-state index in [0.717, 1.165) is 5.25 Å². The summed E-state index contributed by atoms with van der Waals surface area (Å²) in [7, 11) is 0. The molecule has 12 heavy (non-hydrogen) atoms. The summed E-state index contributed by atoms with van der Waals surface area (Å²) >= 11 is 5.68. The van der Waals surface area contributed by atoms with Crippen molar-refractivity contribution < 1.29 is 0 Å². The lowest BCUT2D eigenvalue weighted by atomic mass is 10.0. The third-order valence-corrected chi connectivity index (χ3v) is 4.46. The van der Waals surface area contributed by atoms with Gasteiger partial charge in [0.25, 0.3) is 0 Å². The molecule has 0 aromatic heterocycles. The van der Waals surface area contributed by atoms with Crippen molar-refractivity contribution in [1.82, 2.24) is 0 Å². The molecular weight excluding hydrogens is 232 g/mol. The molecule has 1 fully saturated rings. The van der Waals surface area contributed by atoms with Gasteiger partial charge in [-0.05, 0) is 31.4 Å². The summed E-state index contributed by atoms with van der Waals surface area (Å²) in [6, 6.07) is 0. The highest BCUT2D eigenvalue weighted by Gasteiger charge is 2.12. The van der Waals surface area contributed by atoms with Crippen LogP contribution >= 0.6 is 27.7 Å². The third-order valence-electron chi connectivity index (χ3n) is 2.43. The molecule has 72 valence electrons. The first-order valence-electron chi connectivity index (χ1n) is 5.11. The highest BCUT2D eigenvalue weighted by atomic mass is 79.9. The zero-order valence-corrected chi connectivity index (χ0v) is 10.1. The van der Waals surface area contributed by atoms with Crippen LogP contribution in [0.5, 0.6) is 0 Å². The Kier molecular flexibility index (Phi) is 6.59. The van der Waals surface area contributed by atoms with Crippen molar-refractivity contribution in [2.24, 2.45) is 0 Å². The molecule has 0 spiro atoms. The Bertz CT molecular complexity index is 100. The highest BCUT2D eigenvalue weighted by molar-refractivity contribution is 9.09. The molecule has 0 heterocycles. The fraction of sp³-hybridized carbons (Fsp3) is 1.00. The molecule has 0 atom stereocenters. The first kappa shape index (κ1) is 10.9. The topological polar surface area (TPSA) is 0 Å². The molecule has 0 unspecified atom stereocenters. The molecule has 0 nitrogen and oxygen atoms in total. The Balaban J connectivity index is 1.91. The second-order valence-electron chi connectivity index (χ2n) is 3.53. The summed E-state index contributed by atoms with van der Waals surface area (Å²) in [5.74, 6) is 1.39. The van der Waals surface area contributed by atoms with Crippen LogP contribution < -0.4 is 0 Å². The fourth-order valence-corrected chi connectivity index (χ4v) is 3.45. The molecule has 0 aromatic carbocycles. The van der Waals surface area contributed by atoms with Crippen LogP contribution in [0.25, 0.3) is 0 Å². The van der Waals surface area contributed by atoms with Gasteiger partial charge in [0.2, 0.25) is 0 Å². The van der Waals surface area contributed by atoms with E-state index >= 15 is 0 Å². The Morgan fingerprint density at radius 3 is 2.50 bits per heavy atom. The van der Waals surface area contributed by atoms with Crippen LogP contribution in [-0.4, -0.2) is 16.3 Å². The second-order valence-corrected chi connectivity index (χ2v) is 5.73. The Labute approximate surface area is 89.0 Å². The standard InChI is InChI=1S/C10H19BrS/c11-8-4-5-9-12-10-6-2-1-3-7-10/h10H,1-9H2. The number of halogens is 1. The largest absolute Gasteiger partial charge is 0.159 e. The maximum absolute atomic E-state index is 3.47. The van der Waals surface area contributed by atoms with Crippen molar-refractivity contribution in [3.8, 4) is 0 Å². The summed E-state index contributed by atoms with van der Waals surface area (Å²) < 4.78 is 0. The number of hydrogen-bond acceptors (Lipinski definition) is 1. The lowest BCUT2D eigenvalue weighted by Gasteiger charge is -2.20. The summed E-state index contributed by atoms with van der Waals surface area (Å²) in [6.07, 6.45) is 10.2. The smallest absolute Gasteiger partial charge is 0.00470 e. The van der Waals surface area contributed by atoms with E-state index < -0.39 is 0 Å². The molecule has 0 saturated heterocycles. The van der Waals surface area contributed by atoms with Crippen LogP contribution in [0.4, 0.5) is 0 Å². The monoisotopic (exact) mass is 250 g/mol. The van der Waals surface area contributed by atoms with Crippen LogP contribution in [0.1, 0.15) is 44.9 Å². The van der Waals surface area contributed by atoms with E-state index in [0.29, 0.717) is 0 Å². The van der Waals surface area contributed by atoms with Gasteiger partial charge in [0.05, 0.1) is 0 Å². The van der Waals surface area contributed by atoms with Gasteiger partial charge in [-0.3, -0.25) is 0 Å². The molecule has 1 saturated carbocycles. The van der Waals surface area contributed by atoms with Crippen molar-refractivity contribution >= 4 is 27.7 Å². The van der Waals surface area contributed by atoms with E-state index in [9.17, 15) is 0 Å². The van der Waals surface area contributed by atoms with Gasteiger partial charge in [-0.1, -0.05) is 35.2 Å². The average molecular weight is 251 g/mol. The van der Waals surface area contributed by atoms with Crippen molar-refractivity contribution in [2.75, 3.05) is 11.1 Å². The van der Waals surface area contributed by atoms with Crippen molar-refractivity contribution in [3.05, 3.63) is 0 Å². The van der Waals surface area contributed by atoms with Gasteiger partial charge in [-0.15, -0.1) is 0 Å². The molecule has 2 heteroatoms. The van der Waals surface area contributed by atoms with Crippen LogP contribution in [0.2, 0.25) is 0 Å². The highest BCUT2D eigenvalue weighted by Crippen LogP contribution is 2.28. The van der Waals surface area contributed by atoms with Gasteiger partial charge in [0.15, 0.2) is 0 Å². The first-order valence-corrected chi connectivity index (χ1v) is 7.28. The van der Waals surface area contributed by atoms with Crippen molar-refractivity contribution in [2.45, 2.75) is 50.2 Å².